The molecule has 1 atom stereocenters. The molecule has 0 radical (unpaired) electrons. The zero-order chi connectivity index (χ0) is 13.8. The van der Waals surface area contributed by atoms with E-state index in [0.717, 1.165) is 37.4 Å². The predicted octanol–water partition coefficient (Wildman–Crippen LogP) is 1.80. The molecule has 1 amide bonds. The maximum absolute atomic E-state index is 11.3. The fraction of sp³-hybridized carbons (Fsp3) is 0.533. The maximum Gasteiger partial charge on any atom is 0.219 e. The topological polar surface area (TPSA) is 43.8 Å². The first kappa shape index (κ1) is 13.9. The lowest BCUT2D eigenvalue weighted by Crippen LogP contribution is -2.48. The monoisotopic (exact) mass is 262 g/mol. The number of aliphatic hydroxyl groups excluding tert-OH is 1. The number of piperazine rings is 1. The van der Waals surface area contributed by atoms with Gasteiger partial charge in [0.2, 0.25) is 5.91 Å². The van der Waals surface area contributed by atoms with Crippen LogP contribution in [0.4, 0.5) is 5.69 Å². The van der Waals surface area contributed by atoms with Gasteiger partial charge in [0, 0.05) is 44.4 Å². The molecule has 1 saturated heterocycles. The van der Waals surface area contributed by atoms with Gasteiger partial charge in [0.05, 0.1) is 6.10 Å². The summed E-state index contributed by atoms with van der Waals surface area (Å²) in [4.78, 5) is 15.5. The van der Waals surface area contributed by atoms with Gasteiger partial charge >= 0.3 is 0 Å². The number of amides is 1. The van der Waals surface area contributed by atoms with Crippen molar-refractivity contribution < 1.29 is 9.90 Å². The van der Waals surface area contributed by atoms with Crippen LogP contribution < -0.4 is 4.90 Å². The average Bonchev–Trinajstić information content (AvgIpc) is 2.46. The molecular weight excluding hydrogens is 240 g/mol. The molecule has 0 spiro atoms. The lowest BCUT2D eigenvalue weighted by molar-refractivity contribution is -0.129. The summed E-state index contributed by atoms with van der Waals surface area (Å²) in [7, 11) is 0. The van der Waals surface area contributed by atoms with E-state index in [0.29, 0.717) is 6.42 Å². The number of anilines is 1. The van der Waals surface area contributed by atoms with Crippen molar-refractivity contribution in [3.8, 4) is 0 Å². The molecule has 4 heteroatoms. The van der Waals surface area contributed by atoms with Crippen molar-refractivity contribution >= 4 is 11.6 Å². The van der Waals surface area contributed by atoms with Crippen molar-refractivity contribution in [2.45, 2.75) is 26.4 Å². The molecule has 1 aliphatic rings. The van der Waals surface area contributed by atoms with Crippen molar-refractivity contribution in [1.82, 2.24) is 4.90 Å². The van der Waals surface area contributed by atoms with Crippen LogP contribution in [0.5, 0.6) is 0 Å². The van der Waals surface area contributed by atoms with Gasteiger partial charge in [-0.2, -0.15) is 0 Å². The Kier molecular flexibility index (Phi) is 4.43. The molecule has 1 heterocycles. The van der Waals surface area contributed by atoms with Crippen LogP contribution in [-0.4, -0.2) is 42.1 Å². The van der Waals surface area contributed by atoms with E-state index in [1.165, 1.54) is 0 Å². The lowest BCUT2D eigenvalue weighted by atomic mass is 10.0. The molecule has 1 fully saturated rings. The van der Waals surface area contributed by atoms with Crippen LogP contribution in [0.2, 0.25) is 0 Å². The molecule has 1 N–H and O–H groups in total. The highest BCUT2D eigenvalue weighted by atomic mass is 16.3. The molecule has 0 aromatic heterocycles. The Morgan fingerprint density at radius 2 is 1.89 bits per heavy atom. The van der Waals surface area contributed by atoms with Crippen LogP contribution >= 0.6 is 0 Å². The molecule has 0 bridgehead atoms. The lowest BCUT2D eigenvalue weighted by Gasteiger charge is -2.37. The number of nitrogens with zero attached hydrogens (tertiary/aromatic N) is 2. The van der Waals surface area contributed by atoms with Crippen molar-refractivity contribution in [3.05, 3.63) is 29.8 Å². The van der Waals surface area contributed by atoms with Gasteiger partial charge in [0.1, 0.15) is 0 Å². The van der Waals surface area contributed by atoms with Crippen molar-refractivity contribution in [2.75, 3.05) is 31.1 Å². The second kappa shape index (κ2) is 6.06. The summed E-state index contributed by atoms with van der Waals surface area (Å²) in [6.07, 6.45) is 0.298. The molecule has 4 nitrogen and oxygen atoms in total. The fourth-order valence-corrected chi connectivity index (χ4v) is 2.54. The average molecular weight is 262 g/mol. The molecule has 0 saturated carbocycles. The number of benzene rings is 1. The summed E-state index contributed by atoms with van der Waals surface area (Å²) in [6, 6.07) is 8.00. The summed E-state index contributed by atoms with van der Waals surface area (Å²) in [5, 5.41) is 10.1. The molecule has 1 aliphatic heterocycles. The Morgan fingerprint density at radius 3 is 2.47 bits per heavy atom. The maximum atomic E-state index is 11.3. The zero-order valence-corrected chi connectivity index (χ0v) is 11.7. The number of carbonyl (C=O) groups excluding carboxylic acids is 1. The van der Waals surface area contributed by atoms with Crippen LogP contribution in [0, 0.1) is 0 Å². The third-order valence-corrected chi connectivity index (χ3v) is 3.75. The zero-order valence-electron chi connectivity index (χ0n) is 11.7. The van der Waals surface area contributed by atoms with E-state index in [1.54, 1.807) is 6.92 Å². The van der Waals surface area contributed by atoms with E-state index in [1.807, 2.05) is 30.0 Å². The second-order valence-electron chi connectivity index (χ2n) is 4.98. The van der Waals surface area contributed by atoms with Crippen molar-refractivity contribution in [2.24, 2.45) is 0 Å². The van der Waals surface area contributed by atoms with E-state index < -0.39 is 6.10 Å². The van der Waals surface area contributed by atoms with Gasteiger partial charge in [0.15, 0.2) is 0 Å². The normalized spacial score (nSPS) is 17.4. The van der Waals surface area contributed by atoms with E-state index in [-0.39, 0.29) is 5.91 Å². The van der Waals surface area contributed by atoms with Gasteiger partial charge in [-0.05, 0) is 12.5 Å². The Morgan fingerprint density at radius 1 is 1.26 bits per heavy atom. The molecule has 19 heavy (non-hydrogen) atoms. The van der Waals surface area contributed by atoms with Crippen LogP contribution in [0.25, 0.3) is 0 Å². The number of carbonyl (C=O) groups is 1. The Labute approximate surface area is 114 Å². The Bertz CT molecular complexity index is 440. The van der Waals surface area contributed by atoms with Gasteiger partial charge in [-0.3, -0.25) is 4.79 Å². The smallest absolute Gasteiger partial charge is 0.219 e. The second-order valence-corrected chi connectivity index (χ2v) is 4.98. The molecule has 2 rings (SSSR count). The summed E-state index contributed by atoms with van der Waals surface area (Å²) in [5.74, 6) is 0.140. The van der Waals surface area contributed by atoms with E-state index in [9.17, 15) is 9.90 Å². The molecule has 0 unspecified atom stereocenters. The van der Waals surface area contributed by atoms with Crippen LogP contribution in [0.1, 0.15) is 31.9 Å². The first-order valence-corrected chi connectivity index (χ1v) is 6.91. The van der Waals surface area contributed by atoms with Gasteiger partial charge < -0.3 is 14.9 Å². The minimum absolute atomic E-state index is 0.140. The van der Waals surface area contributed by atoms with Gasteiger partial charge in [-0.1, -0.05) is 25.1 Å². The van der Waals surface area contributed by atoms with Crippen LogP contribution in [-0.2, 0) is 4.79 Å². The predicted molar refractivity (Wildman–Crippen MR) is 76.2 cm³/mol. The van der Waals surface area contributed by atoms with Gasteiger partial charge in [-0.15, -0.1) is 0 Å². The molecule has 1 aromatic carbocycles. The van der Waals surface area contributed by atoms with E-state index >= 15 is 0 Å². The summed E-state index contributed by atoms with van der Waals surface area (Å²) < 4.78 is 0. The minimum atomic E-state index is -0.415. The third kappa shape index (κ3) is 3.07. The highest BCUT2D eigenvalue weighted by molar-refractivity contribution is 5.73. The van der Waals surface area contributed by atoms with Crippen molar-refractivity contribution in [1.29, 1.82) is 0 Å². The largest absolute Gasteiger partial charge is 0.388 e. The molecule has 104 valence electrons. The SMILES string of the molecule is CC[C@H](O)c1ccccc1N1CCN(C(C)=O)CC1. The Hall–Kier alpha value is -1.55. The Balaban J connectivity index is 2.13. The van der Waals surface area contributed by atoms with Crippen LogP contribution in [0.15, 0.2) is 24.3 Å². The summed E-state index contributed by atoms with van der Waals surface area (Å²) in [5.41, 5.74) is 2.08. The number of para-hydroxylation sites is 1. The number of aliphatic hydroxyl groups is 1. The first-order valence-electron chi connectivity index (χ1n) is 6.91. The van der Waals surface area contributed by atoms with Crippen molar-refractivity contribution in [3.63, 3.8) is 0 Å². The first-order chi connectivity index (χ1) is 9.13. The standard InChI is InChI=1S/C15H22N2O2/c1-3-15(19)13-6-4-5-7-14(13)17-10-8-16(9-11-17)12(2)18/h4-7,15,19H,3,8-11H2,1-2H3/t15-/m0/s1. The third-order valence-electron chi connectivity index (χ3n) is 3.75. The quantitative estimate of drug-likeness (QED) is 0.903. The van der Waals surface area contributed by atoms with Crippen LogP contribution in [0.3, 0.4) is 0 Å². The van der Waals surface area contributed by atoms with Gasteiger partial charge in [0.25, 0.3) is 0 Å². The molecule has 0 aliphatic carbocycles. The number of hydrogen-bond donors (Lipinski definition) is 1. The molecule has 1 aromatic rings. The minimum Gasteiger partial charge on any atom is -0.388 e. The highest BCUT2D eigenvalue weighted by Crippen LogP contribution is 2.28. The van der Waals surface area contributed by atoms with Gasteiger partial charge in [-0.25, -0.2) is 0 Å². The van der Waals surface area contributed by atoms with E-state index in [4.69, 9.17) is 0 Å². The highest BCUT2D eigenvalue weighted by Gasteiger charge is 2.21. The van der Waals surface area contributed by atoms with E-state index in [2.05, 4.69) is 11.0 Å². The molecular formula is C15H22N2O2. The summed E-state index contributed by atoms with van der Waals surface area (Å²) >= 11 is 0. The fourth-order valence-electron chi connectivity index (χ4n) is 2.54. The number of rotatable bonds is 3. The summed E-state index contributed by atoms with van der Waals surface area (Å²) in [6.45, 7) is 6.76. The number of hydrogen-bond acceptors (Lipinski definition) is 3.